The van der Waals surface area contributed by atoms with Crippen molar-refractivity contribution in [1.82, 2.24) is 10.3 Å². The van der Waals surface area contributed by atoms with Crippen molar-refractivity contribution in [3.63, 3.8) is 0 Å². The lowest BCUT2D eigenvalue weighted by atomic mass is 10.1. The average molecular weight is 704 g/mol. The van der Waals surface area contributed by atoms with Crippen molar-refractivity contribution in [1.29, 1.82) is 0 Å². The summed E-state index contributed by atoms with van der Waals surface area (Å²) in [6.45, 7) is 2.53. The standard InChI is InChI=1S/C35H28Cl2N4O4S2/c1-2-45-26-16-14-22(15-17-26)30-20-47-35(40-30)41-31(42)21-46-27-12-7-11-25(19-27)38-34(44)29(18-24-10-6-13-28(36)32(24)37)39-33(43)23-8-4-3-5-9-23/h3-20H,2,21H2,1H3,(H,38,44)(H,39,43)(H,40,41,42)/b29-18+. The van der Waals surface area contributed by atoms with E-state index < -0.39 is 11.8 Å². The number of hydrogen-bond acceptors (Lipinski definition) is 7. The molecule has 5 aromatic rings. The third-order valence-electron chi connectivity index (χ3n) is 6.48. The molecule has 1 aromatic heterocycles. The third kappa shape index (κ3) is 9.46. The van der Waals surface area contributed by atoms with Gasteiger partial charge in [-0.3, -0.25) is 14.4 Å². The Balaban J connectivity index is 1.22. The summed E-state index contributed by atoms with van der Waals surface area (Å²) in [6.07, 6.45) is 1.47. The topological polar surface area (TPSA) is 109 Å². The third-order valence-corrected chi connectivity index (χ3v) is 9.07. The van der Waals surface area contributed by atoms with Gasteiger partial charge in [0.25, 0.3) is 11.8 Å². The number of carbonyl (C=O) groups excluding carboxylic acids is 3. The molecule has 0 aliphatic rings. The summed E-state index contributed by atoms with van der Waals surface area (Å²) >= 11 is 15.2. The van der Waals surface area contributed by atoms with Crippen LogP contribution in [-0.4, -0.2) is 35.1 Å². The zero-order valence-electron chi connectivity index (χ0n) is 25.0. The molecular weight excluding hydrogens is 675 g/mol. The van der Waals surface area contributed by atoms with Gasteiger partial charge in [-0.25, -0.2) is 4.98 Å². The largest absolute Gasteiger partial charge is 0.494 e. The molecule has 4 aromatic carbocycles. The predicted molar refractivity (Wildman–Crippen MR) is 191 cm³/mol. The number of nitrogens with one attached hydrogen (secondary N) is 3. The molecule has 0 spiro atoms. The second-order valence-corrected chi connectivity index (χ2v) is 12.5. The minimum atomic E-state index is -0.572. The molecule has 1 heterocycles. The minimum absolute atomic E-state index is 0.0338. The molecule has 3 amide bonds. The highest BCUT2D eigenvalue weighted by Crippen LogP contribution is 2.29. The highest BCUT2D eigenvalue weighted by molar-refractivity contribution is 8.00. The van der Waals surface area contributed by atoms with Gasteiger partial charge in [-0.1, -0.05) is 59.6 Å². The van der Waals surface area contributed by atoms with E-state index in [-0.39, 0.29) is 22.4 Å². The first-order valence-corrected chi connectivity index (χ1v) is 17.0. The number of thioether (sulfide) groups is 1. The van der Waals surface area contributed by atoms with Crippen molar-refractivity contribution in [2.24, 2.45) is 0 Å². The first kappa shape index (κ1) is 33.7. The molecule has 12 heteroatoms. The Morgan fingerprint density at radius 3 is 2.45 bits per heavy atom. The van der Waals surface area contributed by atoms with Crippen molar-refractivity contribution in [3.05, 3.63) is 129 Å². The maximum absolute atomic E-state index is 13.5. The number of nitrogens with zero attached hydrogens (tertiary/aromatic N) is 1. The molecule has 8 nitrogen and oxygen atoms in total. The number of hydrogen-bond donors (Lipinski definition) is 3. The van der Waals surface area contributed by atoms with Gasteiger partial charge in [-0.05, 0) is 79.2 Å². The Hall–Kier alpha value is -4.61. The molecule has 0 radical (unpaired) electrons. The number of anilines is 2. The van der Waals surface area contributed by atoms with Crippen LogP contribution in [0.3, 0.4) is 0 Å². The van der Waals surface area contributed by atoms with Gasteiger partial charge in [0, 0.05) is 27.1 Å². The SMILES string of the molecule is CCOc1ccc(-c2csc(NC(=O)CSc3cccc(NC(=O)/C(=C\c4cccc(Cl)c4Cl)NC(=O)c4ccccc4)c3)n2)cc1. The number of benzene rings is 4. The van der Waals surface area contributed by atoms with E-state index in [9.17, 15) is 14.4 Å². The molecular formula is C35H28Cl2N4O4S2. The van der Waals surface area contributed by atoms with E-state index in [2.05, 4.69) is 20.9 Å². The van der Waals surface area contributed by atoms with E-state index in [4.69, 9.17) is 27.9 Å². The summed E-state index contributed by atoms with van der Waals surface area (Å²) in [5, 5.41) is 11.3. The lowest BCUT2D eigenvalue weighted by molar-refractivity contribution is -0.114. The lowest BCUT2D eigenvalue weighted by Crippen LogP contribution is -2.30. The Kier molecular flexibility index (Phi) is 11.7. The van der Waals surface area contributed by atoms with Crippen molar-refractivity contribution >= 4 is 80.9 Å². The van der Waals surface area contributed by atoms with E-state index in [1.807, 2.05) is 42.6 Å². The minimum Gasteiger partial charge on any atom is -0.494 e. The summed E-state index contributed by atoms with van der Waals surface area (Å²) in [5.74, 6) is -0.343. The second-order valence-electron chi connectivity index (χ2n) is 9.84. The molecule has 3 N–H and O–H groups in total. The molecule has 5 rings (SSSR count). The Morgan fingerprint density at radius 2 is 1.68 bits per heavy atom. The van der Waals surface area contributed by atoms with Gasteiger partial charge in [0.2, 0.25) is 5.91 Å². The normalized spacial score (nSPS) is 11.1. The van der Waals surface area contributed by atoms with Crippen LogP contribution >= 0.6 is 46.3 Å². The number of halogens is 2. The monoisotopic (exact) mass is 702 g/mol. The van der Waals surface area contributed by atoms with Gasteiger partial charge in [-0.2, -0.15) is 0 Å². The molecule has 0 saturated carbocycles. The Labute approximate surface area is 290 Å². The maximum Gasteiger partial charge on any atom is 0.272 e. The number of aromatic nitrogens is 1. The van der Waals surface area contributed by atoms with E-state index in [0.29, 0.717) is 33.6 Å². The van der Waals surface area contributed by atoms with E-state index in [1.54, 1.807) is 66.7 Å². The molecule has 0 atom stereocenters. The van der Waals surface area contributed by atoms with Gasteiger partial charge in [-0.15, -0.1) is 23.1 Å². The summed E-state index contributed by atoms with van der Waals surface area (Å²) in [7, 11) is 0. The molecule has 47 heavy (non-hydrogen) atoms. The van der Waals surface area contributed by atoms with Crippen LogP contribution < -0.4 is 20.7 Å². The number of thiazole rings is 1. The van der Waals surface area contributed by atoms with E-state index in [0.717, 1.165) is 21.9 Å². The molecule has 238 valence electrons. The van der Waals surface area contributed by atoms with Gasteiger partial charge >= 0.3 is 0 Å². The lowest BCUT2D eigenvalue weighted by Gasteiger charge is -2.13. The van der Waals surface area contributed by atoms with Crippen LogP contribution in [0.15, 0.2) is 113 Å². The molecule has 0 unspecified atom stereocenters. The van der Waals surface area contributed by atoms with Crippen LogP contribution in [0.5, 0.6) is 5.75 Å². The summed E-state index contributed by atoms with van der Waals surface area (Å²) in [6, 6.07) is 28.2. The van der Waals surface area contributed by atoms with Crippen molar-refractivity contribution in [3.8, 4) is 17.0 Å². The van der Waals surface area contributed by atoms with E-state index in [1.165, 1.54) is 29.2 Å². The first-order chi connectivity index (χ1) is 22.8. The fourth-order valence-corrected chi connectivity index (χ4v) is 6.10. The van der Waals surface area contributed by atoms with Crippen LogP contribution in [0.2, 0.25) is 10.0 Å². The molecule has 0 aliphatic heterocycles. The maximum atomic E-state index is 13.5. The molecule has 0 fully saturated rings. The quantitative estimate of drug-likeness (QED) is 0.0887. The van der Waals surface area contributed by atoms with Crippen LogP contribution in [0.25, 0.3) is 17.3 Å². The zero-order chi connectivity index (χ0) is 33.2. The zero-order valence-corrected chi connectivity index (χ0v) is 28.1. The molecule has 0 bridgehead atoms. The average Bonchev–Trinajstić information content (AvgIpc) is 3.55. The fraction of sp³-hybridized carbons (Fsp3) is 0.0857. The number of ether oxygens (including phenoxy) is 1. The molecule has 0 aliphatic carbocycles. The predicted octanol–water partition coefficient (Wildman–Crippen LogP) is 8.66. The highest BCUT2D eigenvalue weighted by atomic mass is 35.5. The first-order valence-electron chi connectivity index (χ1n) is 14.3. The summed E-state index contributed by atoms with van der Waals surface area (Å²) in [4.78, 5) is 44.4. The van der Waals surface area contributed by atoms with Gasteiger partial charge in [0.15, 0.2) is 5.13 Å². The Morgan fingerprint density at radius 1 is 0.915 bits per heavy atom. The Bertz CT molecular complexity index is 1910. The molecule has 0 saturated heterocycles. The van der Waals surface area contributed by atoms with Crippen LogP contribution in [0.4, 0.5) is 10.8 Å². The van der Waals surface area contributed by atoms with Crippen molar-refractivity contribution in [2.75, 3.05) is 23.0 Å². The summed E-state index contributed by atoms with van der Waals surface area (Å²) in [5.41, 5.74) is 2.96. The number of carbonyl (C=O) groups is 3. The van der Waals surface area contributed by atoms with Gasteiger partial charge < -0.3 is 20.7 Å². The summed E-state index contributed by atoms with van der Waals surface area (Å²) < 4.78 is 5.49. The van der Waals surface area contributed by atoms with Crippen LogP contribution in [0.1, 0.15) is 22.8 Å². The second kappa shape index (κ2) is 16.3. The van der Waals surface area contributed by atoms with Crippen LogP contribution in [0, 0.1) is 0 Å². The van der Waals surface area contributed by atoms with Gasteiger partial charge in [0.05, 0.1) is 28.1 Å². The van der Waals surface area contributed by atoms with Crippen molar-refractivity contribution in [2.45, 2.75) is 11.8 Å². The number of rotatable bonds is 12. The van der Waals surface area contributed by atoms with Crippen LogP contribution in [-0.2, 0) is 9.59 Å². The number of amides is 3. The van der Waals surface area contributed by atoms with Crippen molar-refractivity contribution < 1.29 is 19.1 Å². The fourth-order valence-electron chi connectivity index (χ4n) is 4.25. The van der Waals surface area contributed by atoms with E-state index >= 15 is 0 Å². The highest BCUT2D eigenvalue weighted by Gasteiger charge is 2.17. The smallest absolute Gasteiger partial charge is 0.272 e. The van der Waals surface area contributed by atoms with Gasteiger partial charge in [0.1, 0.15) is 11.4 Å².